The topological polar surface area (TPSA) is 58.6 Å². The molecule has 1 fully saturated rings. The largest absolute Gasteiger partial charge is 0.492 e. The zero-order valence-corrected chi connectivity index (χ0v) is 12.9. The molecule has 6 heteroatoms. The van der Waals surface area contributed by atoms with Crippen molar-refractivity contribution in [1.82, 2.24) is 9.62 Å². The summed E-state index contributed by atoms with van der Waals surface area (Å²) >= 11 is 0. The number of benzene rings is 1. The van der Waals surface area contributed by atoms with Gasteiger partial charge in [-0.05, 0) is 37.9 Å². The van der Waals surface area contributed by atoms with Gasteiger partial charge in [0.15, 0.2) is 0 Å². The lowest BCUT2D eigenvalue weighted by Crippen LogP contribution is -2.40. The first kappa shape index (κ1) is 14.8. The van der Waals surface area contributed by atoms with Crippen LogP contribution in [0.15, 0.2) is 24.3 Å². The van der Waals surface area contributed by atoms with Crippen LogP contribution in [0.5, 0.6) is 5.75 Å². The fourth-order valence-corrected chi connectivity index (χ4v) is 4.79. The van der Waals surface area contributed by atoms with Gasteiger partial charge in [-0.3, -0.25) is 0 Å². The molecular formula is C15H22N2O3S. The molecule has 0 spiro atoms. The van der Waals surface area contributed by atoms with Gasteiger partial charge in [-0.1, -0.05) is 18.2 Å². The first-order valence-corrected chi connectivity index (χ1v) is 9.15. The average molecular weight is 310 g/mol. The van der Waals surface area contributed by atoms with Crippen molar-refractivity contribution in [3.8, 4) is 5.75 Å². The molecule has 21 heavy (non-hydrogen) atoms. The normalized spacial score (nSPS) is 23.9. The molecule has 1 aromatic rings. The number of hydrogen-bond donors (Lipinski definition) is 1. The highest BCUT2D eigenvalue weighted by molar-refractivity contribution is 7.89. The quantitative estimate of drug-likeness (QED) is 0.912. The van der Waals surface area contributed by atoms with Crippen LogP contribution in [-0.2, 0) is 16.6 Å². The van der Waals surface area contributed by atoms with Crippen molar-refractivity contribution in [2.45, 2.75) is 19.4 Å². The summed E-state index contributed by atoms with van der Waals surface area (Å²) in [5.41, 5.74) is 0.945. The highest BCUT2D eigenvalue weighted by atomic mass is 32.2. The molecule has 5 nitrogen and oxygen atoms in total. The van der Waals surface area contributed by atoms with E-state index >= 15 is 0 Å². The number of nitrogens with one attached hydrogen (secondary N) is 1. The molecule has 116 valence electrons. The lowest BCUT2D eigenvalue weighted by Gasteiger charge is -2.26. The number of hydrogen-bond acceptors (Lipinski definition) is 4. The summed E-state index contributed by atoms with van der Waals surface area (Å²) in [4.78, 5) is 0. The average Bonchev–Trinajstić information content (AvgIpc) is 2.70. The van der Waals surface area contributed by atoms with E-state index in [4.69, 9.17) is 4.74 Å². The molecule has 1 unspecified atom stereocenters. The fourth-order valence-electron chi connectivity index (χ4n) is 3.01. The van der Waals surface area contributed by atoms with Crippen molar-refractivity contribution in [3.63, 3.8) is 0 Å². The Morgan fingerprint density at radius 1 is 1.33 bits per heavy atom. The summed E-state index contributed by atoms with van der Waals surface area (Å²) in [5, 5.41) is 3.28. The molecule has 2 aliphatic rings. The van der Waals surface area contributed by atoms with Crippen LogP contribution in [0.4, 0.5) is 0 Å². The van der Waals surface area contributed by atoms with Crippen molar-refractivity contribution in [2.75, 3.05) is 32.0 Å². The van der Waals surface area contributed by atoms with Crippen molar-refractivity contribution in [2.24, 2.45) is 5.92 Å². The lowest BCUT2D eigenvalue weighted by molar-refractivity contribution is 0.291. The third-order valence-electron chi connectivity index (χ3n) is 4.16. The number of piperidine rings is 1. The molecule has 3 rings (SSSR count). The number of ether oxygens (including phenoxy) is 1. The molecule has 0 radical (unpaired) electrons. The van der Waals surface area contributed by atoms with Crippen LogP contribution >= 0.6 is 0 Å². The van der Waals surface area contributed by atoms with Crippen LogP contribution in [0.25, 0.3) is 0 Å². The van der Waals surface area contributed by atoms with Crippen LogP contribution in [0.3, 0.4) is 0 Å². The highest BCUT2D eigenvalue weighted by Crippen LogP contribution is 2.25. The number of sulfonamides is 1. The lowest BCUT2D eigenvalue weighted by atomic mass is 10.0. The Balaban J connectivity index is 1.73. The van der Waals surface area contributed by atoms with Crippen LogP contribution < -0.4 is 10.1 Å². The first-order chi connectivity index (χ1) is 10.1. The molecule has 0 amide bonds. The third kappa shape index (κ3) is 3.56. The molecule has 1 saturated heterocycles. The van der Waals surface area contributed by atoms with Gasteiger partial charge in [-0.2, -0.15) is 4.31 Å². The summed E-state index contributed by atoms with van der Waals surface area (Å²) in [7, 11) is -3.24. The van der Waals surface area contributed by atoms with E-state index < -0.39 is 10.0 Å². The number of para-hydroxylation sites is 1. The van der Waals surface area contributed by atoms with Gasteiger partial charge in [-0.15, -0.1) is 0 Å². The van der Waals surface area contributed by atoms with E-state index in [1.54, 1.807) is 4.31 Å². The van der Waals surface area contributed by atoms with Crippen LogP contribution in [0.1, 0.15) is 18.4 Å². The monoisotopic (exact) mass is 310 g/mol. The fraction of sp³-hybridized carbons (Fsp3) is 0.600. The standard InChI is InChI=1S/C15H22N2O3S/c18-21(19,12-13-4-3-7-16-10-13)17-8-9-20-15-6-2-1-5-14(15)11-17/h1-2,5-6,13,16H,3-4,7-12H2. The Morgan fingerprint density at radius 3 is 3.00 bits per heavy atom. The maximum atomic E-state index is 12.7. The van der Waals surface area contributed by atoms with E-state index in [0.29, 0.717) is 19.7 Å². The summed E-state index contributed by atoms with van der Waals surface area (Å²) in [6.07, 6.45) is 2.05. The third-order valence-corrected chi connectivity index (χ3v) is 6.15. The molecule has 1 N–H and O–H groups in total. The molecule has 0 bridgehead atoms. The molecule has 2 heterocycles. The molecule has 1 atom stereocenters. The van der Waals surface area contributed by atoms with Gasteiger partial charge in [0.2, 0.25) is 10.0 Å². The van der Waals surface area contributed by atoms with Gasteiger partial charge in [-0.25, -0.2) is 8.42 Å². The predicted octanol–water partition coefficient (Wildman–Crippen LogP) is 1.21. The number of rotatable bonds is 3. The Morgan fingerprint density at radius 2 is 2.19 bits per heavy atom. The van der Waals surface area contributed by atoms with Crippen LogP contribution in [0.2, 0.25) is 0 Å². The van der Waals surface area contributed by atoms with Gasteiger partial charge in [0.1, 0.15) is 12.4 Å². The van der Waals surface area contributed by atoms with E-state index in [-0.39, 0.29) is 11.7 Å². The Labute approximate surface area is 126 Å². The second kappa shape index (κ2) is 6.34. The maximum absolute atomic E-state index is 12.7. The van der Waals surface area contributed by atoms with E-state index in [9.17, 15) is 8.42 Å². The summed E-state index contributed by atoms with van der Waals surface area (Å²) in [6, 6.07) is 7.67. The summed E-state index contributed by atoms with van der Waals surface area (Å²) < 4.78 is 32.5. The van der Waals surface area contributed by atoms with Gasteiger partial charge < -0.3 is 10.1 Å². The van der Waals surface area contributed by atoms with E-state index in [1.165, 1.54) is 0 Å². The second-order valence-corrected chi connectivity index (χ2v) is 7.79. The van der Waals surface area contributed by atoms with Crippen molar-refractivity contribution in [1.29, 1.82) is 0 Å². The molecule has 2 aliphatic heterocycles. The number of nitrogens with zero attached hydrogens (tertiary/aromatic N) is 1. The maximum Gasteiger partial charge on any atom is 0.214 e. The molecule has 0 aliphatic carbocycles. The Bertz CT molecular complexity index is 582. The minimum Gasteiger partial charge on any atom is -0.492 e. The second-order valence-electron chi connectivity index (χ2n) is 5.78. The van der Waals surface area contributed by atoms with E-state index in [1.807, 2.05) is 24.3 Å². The van der Waals surface area contributed by atoms with Crippen molar-refractivity contribution in [3.05, 3.63) is 29.8 Å². The summed E-state index contributed by atoms with van der Waals surface area (Å²) in [6.45, 7) is 3.07. The molecule has 0 saturated carbocycles. The van der Waals surface area contributed by atoms with Crippen LogP contribution in [0, 0.1) is 5.92 Å². The Kier molecular flexibility index (Phi) is 4.47. The SMILES string of the molecule is O=S(=O)(CC1CCCNC1)N1CCOc2ccccc2C1. The zero-order valence-electron chi connectivity index (χ0n) is 12.1. The molecular weight excluding hydrogens is 288 g/mol. The van der Waals surface area contributed by atoms with E-state index in [2.05, 4.69) is 5.32 Å². The van der Waals surface area contributed by atoms with Gasteiger partial charge >= 0.3 is 0 Å². The van der Waals surface area contributed by atoms with Crippen LogP contribution in [-0.4, -0.2) is 44.7 Å². The van der Waals surface area contributed by atoms with Gasteiger partial charge in [0.05, 0.1) is 5.75 Å². The molecule has 1 aromatic carbocycles. The Hall–Kier alpha value is -1.11. The van der Waals surface area contributed by atoms with Gasteiger partial charge in [0.25, 0.3) is 0 Å². The zero-order chi connectivity index (χ0) is 14.7. The number of fused-ring (bicyclic) bond motifs is 1. The minimum absolute atomic E-state index is 0.225. The summed E-state index contributed by atoms with van der Waals surface area (Å²) in [5.74, 6) is 1.26. The predicted molar refractivity (Wildman–Crippen MR) is 81.7 cm³/mol. The van der Waals surface area contributed by atoms with E-state index in [0.717, 1.165) is 37.2 Å². The highest BCUT2D eigenvalue weighted by Gasteiger charge is 2.29. The molecule has 0 aromatic heterocycles. The smallest absolute Gasteiger partial charge is 0.214 e. The minimum atomic E-state index is -3.24. The van der Waals surface area contributed by atoms with Crippen molar-refractivity contribution < 1.29 is 13.2 Å². The van der Waals surface area contributed by atoms with Gasteiger partial charge in [0, 0.05) is 18.7 Å². The van der Waals surface area contributed by atoms with Crippen molar-refractivity contribution >= 4 is 10.0 Å². The first-order valence-electron chi connectivity index (χ1n) is 7.54.